The van der Waals surface area contributed by atoms with Gasteiger partial charge in [0.25, 0.3) is 0 Å². The normalized spacial score (nSPS) is 24.5. The third kappa shape index (κ3) is 4.89. The van der Waals surface area contributed by atoms with E-state index in [1.807, 2.05) is 24.4 Å². The van der Waals surface area contributed by atoms with Crippen LogP contribution < -0.4 is 10.6 Å². The van der Waals surface area contributed by atoms with E-state index in [0.29, 0.717) is 6.54 Å². The number of aliphatic imine (C=N–C) groups is 1. The minimum absolute atomic E-state index is 0. The third-order valence-electron chi connectivity index (χ3n) is 3.68. The van der Waals surface area contributed by atoms with Crippen LogP contribution in [0.4, 0.5) is 0 Å². The minimum Gasteiger partial charge on any atom is -0.383 e. The first kappa shape index (κ1) is 17.7. The molecule has 1 aliphatic carbocycles. The van der Waals surface area contributed by atoms with Gasteiger partial charge in [0, 0.05) is 18.5 Å². The van der Waals surface area contributed by atoms with E-state index >= 15 is 0 Å². The molecular weight excluding hydrogens is 385 g/mol. The summed E-state index contributed by atoms with van der Waals surface area (Å²) in [5.74, 6) is 2.37. The molecular formula is C14H24IN3OS. The fourth-order valence-electron chi connectivity index (χ4n) is 2.06. The van der Waals surface area contributed by atoms with Crippen molar-refractivity contribution in [3.8, 4) is 0 Å². The van der Waals surface area contributed by atoms with Crippen molar-refractivity contribution >= 4 is 41.3 Å². The average Bonchev–Trinajstić information content (AvgIpc) is 2.86. The second-order valence-electron chi connectivity index (χ2n) is 5.53. The fraction of sp³-hybridized carbons (Fsp3) is 0.643. The van der Waals surface area contributed by atoms with Gasteiger partial charge in [0.05, 0.1) is 6.54 Å². The minimum atomic E-state index is -0.862. The highest BCUT2D eigenvalue weighted by Crippen LogP contribution is 2.36. The molecule has 1 aliphatic rings. The molecule has 3 unspecified atom stereocenters. The van der Waals surface area contributed by atoms with Crippen LogP contribution in [0.25, 0.3) is 0 Å². The number of halogens is 1. The van der Waals surface area contributed by atoms with Gasteiger partial charge in [0.1, 0.15) is 5.60 Å². The zero-order valence-electron chi connectivity index (χ0n) is 12.2. The molecule has 0 bridgehead atoms. The van der Waals surface area contributed by atoms with E-state index in [1.54, 1.807) is 18.4 Å². The van der Waals surface area contributed by atoms with Crippen molar-refractivity contribution in [3.63, 3.8) is 0 Å². The molecule has 1 fully saturated rings. The lowest BCUT2D eigenvalue weighted by atomic mass is 10.1. The summed E-state index contributed by atoms with van der Waals surface area (Å²) < 4.78 is 0. The largest absolute Gasteiger partial charge is 0.383 e. The molecule has 3 atom stereocenters. The number of hydrogen-bond acceptors (Lipinski definition) is 3. The van der Waals surface area contributed by atoms with Gasteiger partial charge < -0.3 is 15.7 Å². The van der Waals surface area contributed by atoms with Crippen molar-refractivity contribution in [3.05, 3.63) is 22.4 Å². The topological polar surface area (TPSA) is 56.7 Å². The molecule has 1 aromatic heterocycles. The SMILES string of the molecule is CN=C(NCC1CC1C)NCC(C)(O)c1cccs1.I. The van der Waals surface area contributed by atoms with Crippen LogP contribution in [0.1, 0.15) is 25.1 Å². The summed E-state index contributed by atoms with van der Waals surface area (Å²) in [6.45, 7) is 5.50. The quantitative estimate of drug-likeness (QED) is 0.398. The Morgan fingerprint density at radius 2 is 2.25 bits per heavy atom. The van der Waals surface area contributed by atoms with Crippen molar-refractivity contribution in [2.24, 2.45) is 16.8 Å². The number of guanidine groups is 1. The van der Waals surface area contributed by atoms with Gasteiger partial charge in [-0.05, 0) is 36.6 Å². The molecule has 1 saturated carbocycles. The van der Waals surface area contributed by atoms with Crippen molar-refractivity contribution < 1.29 is 5.11 Å². The molecule has 3 N–H and O–H groups in total. The van der Waals surface area contributed by atoms with Crippen LogP contribution in [-0.4, -0.2) is 31.2 Å². The Labute approximate surface area is 142 Å². The Morgan fingerprint density at radius 3 is 2.75 bits per heavy atom. The van der Waals surface area contributed by atoms with Crippen molar-refractivity contribution in [1.29, 1.82) is 0 Å². The van der Waals surface area contributed by atoms with Gasteiger partial charge in [-0.15, -0.1) is 35.3 Å². The van der Waals surface area contributed by atoms with Crippen LogP contribution in [-0.2, 0) is 5.60 Å². The van der Waals surface area contributed by atoms with Gasteiger partial charge in [-0.25, -0.2) is 0 Å². The molecule has 4 nitrogen and oxygen atoms in total. The van der Waals surface area contributed by atoms with Crippen molar-refractivity contribution in [2.75, 3.05) is 20.1 Å². The zero-order chi connectivity index (χ0) is 13.9. The molecule has 0 aliphatic heterocycles. The van der Waals surface area contributed by atoms with E-state index in [2.05, 4.69) is 22.5 Å². The molecule has 1 aromatic rings. The molecule has 114 valence electrons. The van der Waals surface area contributed by atoms with Crippen LogP contribution in [0.2, 0.25) is 0 Å². The summed E-state index contributed by atoms with van der Waals surface area (Å²) in [5, 5.41) is 18.9. The van der Waals surface area contributed by atoms with E-state index in [0.717, 1.165) is 29.2 Å². The number of rotatable bonds is 5. The van der Waals surface area contributed by atoms with E-state index in [1.165, 1.54) is 6.42 Å². The maximum atomic E-state index is 10.4. The number of hydrogen-bond donors (Lipinski definition) is 3. The van der Waals surface area contributed by atoms with Crippen LogP contribution in [0, 0.1) is 11.8 Å². The first-order valence-electron chi connectivity index (χ1n) is 6.74. The van der Waals surface area contributed by atoms with Crippen LogP contribution >= 0.6 is 35.3 Å². The Hall–Kier alpha value is -0.340. The van der Waals surface area contributed by atoms with E-state index in [9.17, 15) is 5.11 Å². The number of aliphatic hydroxyl groups is 1. The van der Waals surface area contributed by atoms with E-state index in [4.69, 9.17) is 0 Å². The Morgan fingerprint density at radius 1 is 1.55 bits per heavy atom. The molecule has 0 amide bonds. The smallest absolute Gasteiger partial charge is 0.191 e. The van der Waals surface area contributed by atoms with Crippen LogP contribution in [0.5, 0.6) is 0 Å². The molecule has 0 aromatic carbocycles. The highest BCUT2D eigenvalue weighted by molar-refractivity contribution is 14.0. The zero-order valence-corrected chi connectivity index (χ0v) is 15.4. The second kappa shape index (κ2) is 7.61. The highest BCUT2D eigenvalue weighted by atomic mass is 127. The van der Waals surface area contributed by atoms with E-state index in [-0.39, 0.29) is 24.0 Å². The lowest BCUT2D eigenvalue weighted by Crippen LogP contribution is -2.44. The molecule has 0 radical (unpaired) electrons. The summed E-state index contributed by atoms with van der Waals surface area (Å²) in [4.78, 5) is 5.15. The Bertz CT molecular complexity index is 434. The average molecular weight is 409 g/mol. The van der Waals surface area contributed by atoms with Gasteiger partial charge in [0.15, 0.2) is 5.96 Å². The number of nitrogens with zero attached hydrogens (tertiary/aromatic N) is 1. The molecule has 0 spiro atoms. The monoisotopic (exact) mass is 409 g/mol. The molecule has 6 heteroatoms. The van der Waals surface area contributed by atoms with Gasteiger partial charge in [0.2, 0.25) is 0 Å². The highest BCUT2D eigenvalue weighted by Gasteiger charge is 2.32. The van der Waals surface area contributed by atoms with Gasteiger partial charge >= 0.3 is 0 Å². The maximum Gasteiger partial charge on any atom is 0.191 e. The lowest BCUT2D eigenvalue weighted by molar-refractivity contribution is 0.0655. The Kier molecular flexibility index (Phi) is 6.74. The molecule has 20 heavy (non-hydrogen) atoms. The van der Waals surface area contributed by atoms with Crippen LogP contribution in [0.15, 0.2) is 22.5 Å². The Balaban J connectivity index is 0.00000200. The first-order valence-corrected chi connectivity index (χ1v) is 7.62. The summed E-state index contributed by atoms with van der Waals surface area (Å²) >= 11 is 1.57. The van der Waals surface area contributed by atoms with E-state index < -0.39 is 5.60 Å². The number of thiophene rings is 1. The summed E-state index contributed by atoms with van der Waals surface area (Å²) in [5.41, 5.74) is -0.862. The third-order valence-corrected chi connectivity index (χ3v) is 4.81. The van der Waals surface area contributed by atoms with Crippen molar-refractivity contribution in [2.45, 2.75) is 25.9 Å². The predicted molar refractivity (Wildman–Crippen MR) is 95.9 cm³/mol. The summed E-state index contributed by atoms with van der Waals surface area (Å²) in [6, 6.07) is 3.91. The van der Waals surface area contributed by atoms with Crippen molar-refractivity contribution in [1.82, 2.24) is 10.6 Å². The molecule has 2 rings (SSSR count). The van der Waals surface area contributed by atoms with Gasteiger partial charge in [-0.2, -0.15) is 0 Å². The predicted octanol–water partition coefficient (Wildman–Crippen LogP) is 2.39. The maximum absolute atomic E-state index is 10.4. The first-order chi connectivity index (χ1) is 9.03. The summed E-state index contributed by atoms with van der Waals surface area (Å²) in [6.07, 6.45) is 1.30. The second-order valence-corrected chi connectivity index (χ2v) is 6.48. The number of nitrogens with one attached hydrogen (secondary N) is 2. The summed E-state index contributed by atoms with van der Waals surface area (Å²) in [7, 11) is 1.76. The standard InChI is InChI=1S/C14H23N3OS.HI/c1-10-7-11(10)8-16-13(15-3)17-9-14(2,18)12-5-4-6-19-12;/h4-6,10-11,18H,7-9H2,1-3H3,(H2,15,16,17);1H. The fourth-order valence-corrected chi connectivity index (χ4v) is 2.85. The van der Waals surface area contributed by atoms with Gasteiger partial charge in [-0.3, -0.25) is 4.99 Å². The lowest BCUT2D eigenvalue weighted by Gasteiger charge is -2.23. The van der Waals surface area contributed by atoms with Gasteiger partial charge in [-0.1, -0.05) is 13.0 Å². The molecule has 1 heterocycles. The molecule has 0 saturated heterocycles. The van der Waals surface area contributed by atoms with Crippen LogP contribution in [0.3, 0.4) is 0 Å².